The average molecular weight is 317 g/mol. The predicted molar refractivity (Wildman–Crippen MR) is 94.8 cm³/mol. The van der Waals surface area contributed by atoms with Gasteiger partial charge in [0.05, 0.1) is 6.61 Å². The molecule has 1 aliphatic carbocycles. The molecule has 23 heavy (non-hydrogen) atoms. The molecule has 0 aliphatic heterocycles. The number of rotatable bonds is 8. The molecule has 0 spiro atoms. The first-order chi connectivity index (χ1) is 11.1. The van der Waals surface area contributed by atoms with E-state index in [1.54, 1.807) is 0 Å². The Hall–Kier alpha value is -1.51. The van der Waals surface area contributed by atoms with Gasteiger partial charge in [-0.1, -0.05) is 25.0 Å². The van der Waals surface area contributed by atoms with E-state index in [1.165, 1.54) is 31.2 Å². The van der Waals surface area contributed by atoms with E-state index in [9.17, 15) is 4.79 Å². The number of hydrogen-bond acceptors (Lipinski definition) is 2. The molecular formula is C20H31NO2. The Balaban J connectivity index is 1.69. The van der Waals surface area contributed by atoms with Gasteiger partial charge in [0.15, 0.2) is 0 Å². The summed E-state index contributed by atoms with van der Waals surface area (Å²) in [4.78, 5) is 14.7. The molecule has 1 amide bonds. The van der Waals surface area contributed by atoms with E-state index in [0.29, 0.717) is 31.0 Å². The normalized spacial score (nSPS) is 15.1. The van der Waals surface area contributed by atoms with E-state index < -0.39 is 0 Å². The standard InChI is InChI=1S/C20H31NO2/c1-16(2)21(18-10-4-5-11-18)20(22)13-6-7-14-23-19-12-8-9-17(3)15-19/h8-9,12,15-16,18H,4-7,10-11,13-14H2,1-3H3. The quantitative estimate of drug-likeness (QED) is 0.649. The summed E-state index contributed by atoms with van der Waals surface area (Å²) in [5, 5.41) is 0. The number of hydrogen-bond donors (Lipinski definition) is 0. The molecule has 128 valence electrons. The van der Waals surface area contributed by atoms with E-state index in [1.807, 2.05) is 18.2 Å². The third-order valence-electron chi connectivity index (χ3n) is 4.61. The molecular weight excluding hydrogens is 286 g/mol. The van der Waals surface area contributed by atoms with Crippen molar-refractivity contribution in [3.63, 3.8) is 0 Å². The van der Waals surface area contributed by atoms with Crippen LogP contribution < -0.4 is 4.74 Å². The second kappa shape index (κ2) is 8.95. The van der Waals surface area contributed by atoms with Gasteiger partial charge >= 0.3 is 0 Å². The highest BCUT2D eigenvalue weighted by atomic mass is 16.5. The highest BCUT2D eigenvalue weighted by Crippen LogP contribution is 2.26. The van der Waals surface area contributed by atoms with Gasteiger partial charge in [-0.2, -0.15) is 0 Å². The average Bonchev–Trinajstić information content (AvgIpc) is 3.00. The van der Waals surface area contributed by atoms with E-state index in [4.69, 9.17) is 4.74 Å². The van der Waals surface area contributed by atoms with Gasteiger partial charge in [0.1, 0.15) is 5.75 Å². The van der Waals surface area contributed by atoms with Crippen LogP contribution in [0.4, 0.5) is 0 Å². The number of carbonyl (C=O) groups excluding carboxylic acids is 1. The number of ether oxygens (including phenoxy) is 1. The van der Waals surface area contributed by atoms with E-state index >= 15 is 0 Å². The Morgan fingerprint density at radius 1 is 1.26 bits per heavy atom. The minimum Gasteiger partial charge on any atom is -0.494 e. The van der Waals surface area contributed by atoms with Crippen molar-refractivity contribution in [2.24, 2.45) is 0 Å². The smallest absolute Gasteiger partial charge is 0.223 e. The molecule has 3 heteroatoms. The van der Waals surface area contributed by atoms with Crippen LogP contribution in [0.2, 0.25) is 0 Å². The van der Waals surface area contributed by atoms with Crippen LogP contribution in [0.3, 0.4) is 0 Å². The number of carbonyl (C=O) groups is 1. The molecule has 1 aromatic rings. The molecule has 3 nitrogen and oxygen atoms in total. The van der Waals surface area contributed by atoms with Crippen LogP contribution in [0.25, 0.3) is 0 Å². The van der Waals surface area contributed by atoms with Crippen molar-refractivity contribution >= 4 is 5.91 Å². The van der Waals surface area contributed by atoms with Crippen LogP contribution in [-0.2, 0) is 4.79 Å². The van der Waals surface area contributed by atoms with Crippen molar-refractivity contribution in [3.05, 3.63) is 29.8 Å². The fraction of sp³-hybridized carbons (Fsp3) is 0.650. The van der Waals surface area contributed by atoms with Crippen molar-refractivity contribution in [1.29, 1.82) is 0 Å². The third-order valence-corrected chi connectivity index (χ3v) is 4.61. The molecule has 2 rings (SSSR count). The maximum absolute atomic E-state index is 12.5. The van der Waals surface area contributed by atoms with Crippen molar-refractivity contribution < 1.29 is 9.53 Å². The van der Waals surface area contributed by atoms with Gasteiger partial charge in [0.25, 0.3) is 0 Å². The van der Waals surface area contributed by atoms with Gasteiger partial charge in [-0.15, -0.1) is 0 Å². The topological polar surface area (TPSA) is 29.5 Å². The van der Waals surface area contributed by atoms with Crippen LogP contribution in [0.15, 0.2) is 24.3 Å². The zero-order valence-electron chi connectivity index (χ0n) is 14.9. The van der Waals surface area contributed by atoms with Crippen molar-refractivity contribution in [1.82, 2.24) is 4.90 Å². The lowest BCUT2D eigenvalue weighted by molar-refractivity contribution is -0.135. The van der Waals surface area contributed by atoms with Gasteiger partial charge in [0, 0.05) is 18.5 Å². The monoisotopic (exact) mass is 317 g/mol. The lowest BCUT2D eigenvalue weighted by Gasteiger charge is -2.33. The maximum atomic E-state index is 12.5. The minimum absolute atomic E-state index is 0.314. The zero-order chi connectivity index (χ0) is 16.7. The maximum Gasteiger partial charge on any atom is 0.223 e. The molecule has 0 unspecified atom stereocenters. The highest BCUT2D eigenvalue weighted by Gasteiger charge is 2.27. The van der Waals surface area contributed by atoms with Crippen LogP contribution >= 0.6 is 0 Å². The number of benzene rings is 1. The summed E-state index contributed by atoms with van der Waals surface area (Å²) in [5.41, 5.74) is 1.21. The Kier molecular flexibility index (Phi) is 6.94. The summed E-state index contributed by atoms with van der Waals surface area (Å²) in [5.74, 6) is 1.24. The van der Waals surface area contributed by atoms with Crippen LogP contribution in [0, 0.1) is 6.92 Å². The number of nitrogens with zero attached hydrogens (tertiary/aromatic N) is 1. The Labute approximate surface area is 141 Å². The molecule has 0 heterocycles. The van der Waals surface area contributed by atoms with Crippen molar-refractivity contribution in [3.8, 4) is 5.75 Å². The number of unbranched alkanes of at least 4 members (excludes halogenated alkanes) is 1. The first kappa shape index (κ1) is 17.8. The largest absolute Gasteiger partial charge is 0.494 e. The first-order valence-electron chi connectivity index (χ1n) is 9.08. The van der Waals surface area contributed by atoms with E-state index in [0.717, 1.165) is 18.6 Å². The van der Waals surface area contributed by atoms with Crippen LogP contribution in [0.5, 0.6) is 5.75 Å². The summed E-state index contributed by atoms with van der Waals surface area (Å²) < 4.78 is 5.75. The van der Waals surface area contributed by atoms with Crippen LogP contribution in [-0.4, -0.2) is 29.5 Å². The zero-order valence-corrected chi connectivity index (χ0v) is 14.9. The molecule has 1 fully saturated rings. The lowest BCUT2D eigenvalue weighted by atomic mass is 10.1. The van der Waals surface area contributed by atoms with Gasteiger partial charge in [-0.25, -0.2) is 0 Å². The lowest BCUT2D eigenvalue weighted by Crippen LogP contribution is -2.43. The molecule has 1 aliphatic rings. The second-order valence-corrected chi connectivity index (χ2v) is 6.96. The number of amides is 1. The SMILES string of the molecule is Cc1cccc(OCCCCC(=O)N(C(C)C)C2CCCC2)c1. The Morgan fingerprint density at radius 3 is 2.65 bits per heavy atom. The Bertz CT molecular complexity index is 492. The fourth-order valence-electron chi connectivity index (χ4n) is 3.50. The second-order valence-electron chi connectivity index (χ2n) is 6.96. The third kappa shape index (κ3) is 5.56. The highest BCUT2D eigenvalue weighted by molar-refractivity contribution is 5.76. The van der Waals surface area contributed by atoms with Gasteiger partial charge < -0.3 is 9.64 Å². The summed E-state index contributed by atoms with van der Waals surface area (Å²) in [6, 6.07) is 8.90. The van der Waals surface area contributed by atoms with Gasteiger partial charge in [-0.05, 0) is 64.2 Å². The molecule has 1 aromatic carbocycles. The van der Waals surface area contributed by atoms with E-state index in [2.05, 4.69) is 31.7 Å². The summed E-state index contributed by atoms with van der Waals surface area (Å²) in [6.45, 7) is 7.02. The summed E-state index contributed by atoms with van der Waals surface area (Å²) >= 11 is 0. The molecule has 0 atom stereocenters. The summed E-state index contributed by atoms with van der Waals surface area (Å²) in [6.07, 6.45) is 7.38. The Morgan fingerprint density at radius 2 is 2.00 bits per heavy atom. The summed E-state index contributed by atoms with van der Waals surface area (Å²) in [7, 11) is 0. The fourth-order valence-corrected chi connectivity index (χ4v) is 3.50. The molecule has 1 saturated carbocycles. The molecule has 0 saturated heterocycles. The first-order valence-corrected chi connectivity index (χ1v) is 9.08. The predicted octanol–water partition coefficient (Wildman–Crippen LogP) is 4.72. The van der Waals surface area contributed by atoms with Crippen molar-refractivity contribution in [2.75, 3.05) is 6.61 Å². The molecule has 0 N–H and O–H groups in total. The van der Waals surface area contributed by atoms with Gasteiger partial charge in [-0.3, -0.25) is 4.79 Å². The molecule has 0 aromatic heterocycles. The molecule has 0 radical (unpaired) electrons. The molecule has 0 bridgehead atoms. The van der Waals surface area contributed by atoms with E-state index in [-0.39, 0.29) is 0 Å². The van der Waals surface area contributed by atoms with Crippen molar-refractivity contribution in [2.45, 2.75) is 77.8 Å². The van der Waals surface area contributed by atoms with Gasteiger partial charge in [0.2, 0.25) is 5.91 Å². The minimum atomic E-state index is 0.314. The van der Waals surface area contributed by atoms with Crippen LogP contribution in [0.1, 0.15) is 64.4 Å². The number of aryl methyl sites for hydroxylation is 1.